The first-order chi connectivity index (χ1) is 8.24. The summed E-state index contributed by atoms with van der Waals surface area (Å²) in [4.78, 5) is 15.4. The van der Waals surface area contributed by atoms with E-state index in [2.05, 4.69) is 4.98 Å². The van der Waals surface area contributed by atoms with E-state index < -0.39 is 5.97 Å². The molecule has 3 heterocycles. The van der Waals surface area contributed by atoms with E-state index in [9.17, 15) is 4.79 Å². The Hall–Kier alpha value is -1.49. The molecule has 1 saturated heterocycles. The summed E-state index contributed by atoms with van der Waals surface area (Å²) in [5.74, 6) is 1.93. The Labute approximate surface area is 103 Å². The lowest BCUT2D eigenvalue weighted by molar-refractivity contribution is 0.0696. The molecule has 17 heavy (non-hydrogen) atoms. The predicted octanol–water partition coefficient (Wildman–Crippen LogP) is 2.25. The molecule has 0 aliphatic carbocycles. The molecule has 1 unspecified atom stereocenters. The summed E-state index contributed by atoms with van der Waals surface area (Å²) < 4.78 is 1.81. The maximum Gasteiger partial charge on any atom is 0.337 e. The highest BCUT2D eigenvalue weighted by Gasteiger charge is 2.20. The molecule has 0 saturated carbocycles. The molecule has 1 fully saturated rings. The van der Waals surface area contributed by atoms with Crippen LogP contribution >= 0.6 is 11.8 Å². The first kappa shape index (κ1) is 10.7. The highest BCUT2D eigenvalue weighted by atomic mass is 32.2. The van der Waals surface area contributed by atoms with E-state index in [0.29, 0.717) is 11.5 Å². The van der Waals surface area contributed by atoms with Gasteiger partial charge in [-0.2, -0.15) is 11.8 Å². The van der Waals surface area contributed by atoms with Gasteiger partial charge in [0.15, 0.2) is 0 Å². The third-order valence-corrected chi connectivity index (χ3v) is 4.23. The van der Waals surface area contributed by atoms with Crippen LogP contribution in [-0.4, -0.2) is 32.0 Å². The topological polar surface area (TPSA) is 54.6 Å². The number of carboxylic acid groups (broad SMARTS) is 1. The Balaban J connectivity index is 2.03. The molecule has 2 aromatic heterocycles. The number of thioether (sulfide) groups is 1. The average molecular weight is 248 g/mol. The van der Waals surface area contributed by atoms with E-state index in [1.807, 2.05) is 22.4 Å². The molecule has 3 rings (SSSR count). The van der Waals surface area contributed by atoms with Gasteiger partial charge in [0, 0.05) is 24.1 Å². The summed E-state index contributed by atoms with van der Waals surface area (Å²) in [7, 11) is 0. The van der Waals surface area contributed by atoms with Gasteiger partial charge in [0.05, 0.1) is 11.3 Å². The van der Waals surface area contributed by atoms with E-state index in [0.717, 1.165) is 17.1 Å². The van der Waals surface area contributed by atoms with Crippen molar-refractivity contribution in [2.24, 2.45) is 0 Å². The fourth-order valence-corrected chi connectivity index (χ4v) is 3.34. The molecule has 0 spiro atoms. The van der Waals surface area contributed by atoms with Gasteiger partial charge in [-0.15, -0.1) is 0 Å². The van der Waals surface area contributed by atoms with E-state index in [1.165, 1.54) is 12.2 Å². The minimum absolute atomic E-state index is 0.294. The summed E-state index contributed by atoms with van der Waals surface area (Å²) >= 11 is 1.95. The van der Waals surface area contributed by atoms with Crippen LogP contribution < -0.4 is 0 Å². The molecule has 88 valence electrons. The number of hydrogen-bond acceptors (Lipinski definition) is 3. The second-order valence-electron chi connectivity index (χ2n) is 4.21. The van der Waals surface area contributed by atoms with Crippen LogP contribution in [0.25, 0.3) is 5.65 Å². The SMILES string of the molecule is O=C(O)c1ccc2nc(C3CCSC3)cn2c1. The number of fused-ring (bicyclic) bond motifs is 1. The van der Waals surface area contributed by atoms with Crippen LogP contribution in [0.2, 0.25) is 0 Å². The van der Waals surface area contributed by atoms with Crippen LogP contribution in [0.5, 0.6) is 0 Å². The van der Waals surface area contributed by atoms with Gasteiger partial charge in [0.25, 0.3) is 0 Å². The smallest absolute Gasteiger partial charge is 0.337 e. The number of pyridine rings is 1. The lowest BCUT2D eigenvalue weighted by Crippen LogP contribution is -1.97. The van der Waals surface area contributed by atoms with Gasteiger partial charge < -0.3 is 9.51 Å². The van der Waals surface area contributed by atoms with Gasteiger partial charge in [-0.05, 0) is 24.3 Å². The zero-order valence-corrected chi connectivity index (χ0v) is 9.98. The van der Waals surface area contributed by atoms with Crippen molar-refractivity contribution in [1.29, 1.82) is 0 Å². The normalized spacial score (nSPS) is 19.9. The lowest BCUT2D eigenvalue weighted by atomic mass is 10.1. The van der Waals surface area contributed by atoms with E-state index in [4.69, 9.17) is 5.11 Å². The molecular weight excluding hydrogens is 236 g/mol. The number of nitrogens with zero attached hydrogens (tertiary/aromatic N) is 2. The minimum Gasteiger partial charge on any atom is -0.478 e. The molecule has 0 radical (unpaired) electrons. The molecule has 5 heteroatoms. The molecule has 2 aromatic rings. The van der Waals surface area contributed by atoms with Crippen molar-refractivity contribution in [3.8, 4) is 0 Å². The maximum atomic E-state index is 10.9. The quantitative estimate of drug-likeness (QED) is 0.885. The van der Waals surface area contributed by atoms with Gasteiger partial charge in [0.2, 0.25) is 0 Å². The number of imidazole rings is 1. The Morgan fingerprint density at radius 1 is 1.47 bits per heavy atom. The number of carboxylic acids is 1. The fourth-order valence-electron chi connectivity index (χ4n) is 2.10. The van der Waals surface area contributed by atoms with Gasteiger partial charge in [-0.1, -0.05) is 0 Å². The zero-order chi connectivity index (χ0) is 11.8. The summed E-state index contributed by atoms with van der Waals surface area (Å²) in [6, 6.07) is 3.35. The molecule has 0 amide bonds. The average Bonchev–Trinajstić information content (AvgIpc) is 2.96. The number of carbonyl (C=O) groups is 1. The predicted molar refractivity (Wildman–Crippen MR) is 66.8 cm³/mol. The molecule has 1 aliphatic heterocycles. The summed E-state index contributed by atoms with van der Waals surface area (Å²) in [5, 5.41) is 8.93. The number of aromatic carboxylic acids is 1. The lowest BCUT2D eigenvalue weighted by Gasteiger charge is -2.01. The van der Waals surface area contributed by atoms with Crippen LogP contribution in [-0.2, 0) is 0 Å². The molecule has 1 N–H and O–H groups in total. The first-order valence-corrected chi connectivity index (χ1v) is 6.69. The number of rotatable bonds is 2. The van der Waals surface area contributed by atoms with Gasteiger partial charge in [0.1, 0.15) is 5.65 Å². The molecule has 4 nitrogen and oxygen atoms in total. The van der Waals surface area contributed by atoms with E-state index in [1.54, 1.807) is 18.3 Å². The highest BCUT2D eigenvalue weighted by molar-refractivity contribution is 7.99. The molecule has 1 aliphatic rings. The second kappa shape index (κ2) is 4.07. The summed E-state index contributed by atoms with van der Waals surface area (Å²) in [5.41, 5.74) is 2.20. The van der Waals surface area contributed by atoms with E-state index >= 15 is 0 Å². The Morgan fingerprint density at radius 2 is 2.35 bits per heavy atom. The summed E-state index contributed by atoms with van der Waals surface area (Å²) in [6.45, 7) is 0. The van der Waals surface area contributed by atoms with Crippen molar-refractivity contribution in [3.63, 3.8) is 0 Å². The van der Waals surface area contributed by atoms with Gasteiger partial charge >= 0.3 is 5.97 Å². The minimum atomic E-state index is -0.904. The van der Waals surface area contributed by atoms with Crippen molar-refractivity contribution in [3.05, 3.63) is 35.8 Å². The summed E-state index contributed by atoms with van der Waals surface area (Å²) in [6.07, 6.45) is 4.74. The monoisotopic (exact) mass is 248 g/mol. The Bertz CT molecular complexity index is 573. The van der Waals surface area contributed by atoms with Crippen LogP contribution in [0.4, 0.5) is 0 Å². The Kier molecular flexibility index (Phi) is 2.55. The van der Waals surface area contributed by atoms with Crippen LogP contribution in [0, 0.1) is 0 Å². The van der Waals surface area contributed by atoms with Crippen LogP contribution in [0.3, 0.4) is 0 Å². The van der Waals surface area contributed by atoms with Crippen molar-refractivity contribution < 1.29 is 9.90 Å². The zero-order valence-electron chi connectivity index (χ0n) is 9.17. The largest absolute Gasteiger partial charge is 0.478 e. The maximum absolute atomic E-state index is 10.9. The van der Waals surface area contributed by atoms with Crippen molar-refractivity contribution >= 4 is 23.4 Å². The van der Waals surface area contributed by atoms with Gasteiger partial charge in [-0.25, -0.2) is 9.78 Å². The first-order valence-electron chi connectivity index (χ1n) is 5.54. The van der Waals surface area contributed by atoms with Crippen LogP contribution in [0.1, 0.15) is 28.4 Å². The van der Waals surface area contributed by atoms with E-state index in [-0.39, 0.29) is 0 Å². The van der Waals surface area contributed by atoms with Gasteiger partial charge in [-0.3, -0.25) is 0 Å². The number of hydrogen-bond donors (Lipinski definition) is 1. The fraction of sp³-hybridized carbons (Fsp3) is 0.333. The van der Waals surface area contributed by atoms with Crippen molar-refractivity contribution in [2.75, 3.05) is 11.5 Å². The van der Waals surface area contributed by atoms with Crippen LogP contribution in [0.15, 0.2) is 24.5 Å². The van der Waals surface area contributed by atoms with Crippen molar-refractivity contribution in [1.82, 2.24) is 9.38 Å². The Morgan fingerprint density at radius 3 is 3.06 bits per heavy atom. The second-order valence-corrected chi connectivity index (χ2v) is 5.36. The molecule has 1 atom stereocenters. The van der Waals surface area contributed by atoms with Crippen molar-refractivity contribution in [2.45, 2.75) is 12.3 Å². The standard InChI is InChI=1S/C12H12N2O2S/c15-12(16)8-1-2-11-13-10(6-14(11)5-8)9-3-4-17-7-9/h1-2,5-6,9H,3-4,7H2,(H,15,16). The third kappa shape index (κ3) is 1.91. The highest BCUT2D eigenvalue weighted by Crippen LogP contribution is 2.31. The number of aromatic nitrogens is 2. The molecule has 0 bridgehead atoms. The third-order valence-electron chi connectivity index (χ3n) is 3.06. The molecule has 0 aromatic carbocycles. The molecular formula is C12H12N2O2S.